The van der Waals surface area contributed by atoms with Gasteiger partial charge in [-0.15, -0.1) is 11.8 Å². The van der Waals surface area contributed by atoms with Gasteiger partial charge in [-0.25, -0.2) is 0 Å². The number of hydrogen-bond donors (Lipinski definition) is 1. The van der Waals surface area contributed by atoms with E-state index in [1.54, 1.807) is 0 Å². The van der Waals surface area contributed by atoms with Crippen LogP contribution >= 0.6 is 11.8 Å². The maximum Gasteiger partial charge on any atom is 0.313 e. The van der Waals surface area contributed by atoms with Crippen molar-refractivity contribution in [3.05, 3.63) is 6.92 Å². The Bertz CT molecular complexity index is 80.5. The van der Waals surface area contributed by atoms with Crippen molar-refractivity contribution in [1.29, 1.82) is 0 Å². The van der Waals surface area contributed by atoms with Crippen LogP contribution in [0, 0.1) is 6.92 Å². The molecule has 0 aliphatic rings. The number of carbonyl (C=O) groups is 1. The summed E-state index contributed by atoms with van der Waals surface area (Å²) >= 11 is 1.33. The lowest BCUT2D eigenvalue weighted by Crippen LogP contribution is -2.01. The molecule has 0 aromatic heterocycles. The summed E-state index contributed by atoms with van der Waals surface area (Å²) in [6.07, 6.45) is 0. The van der Waals surface area contributed by atoms with Gasteiger partial charge in [0.2, 0.25) is 0 Å². The molecule has 1 unspecified atom stereocenters. The van der Waals surface area contributed by atoms with E-state index < -0.39 is 5.97 Å². The van der Waals surface area contributed by atoms with Gasteiger partial charge in [0.25, 0.3) is 0 Å². The standard InChI is InChI=1S/C5H9O2S/c1-4(2)8-3-5(6)7/h4H,1,3H2,2H3,(H,6,7). The summed E-state index contributed by atoms with van der Waals surface area (Å²) < 4.78 is 0. The molecule has 2 nitrogen and oxygen atoms in total. The summed E-state index contributed by atoms with van der Waals surface area (Å²) in [6.45, 7) is 5.48. The molecule has 0 saturated heterocycles. The van der Waals surface area contributed by atoms with Gasteiger partial charge in [0.15, 0.2) is 0 Å². The van der Waals surface area contributed by atoms with Crippen molar-refractivity contribution in [3.63, 3.8) is 0 Å². The van der Waals surface area contributed by atoms with Crippen LogP contribution in [0.5, 0.6) is 0 Å². The Morgan fingerprint density at radius 2 is 2.50 bits per heavy atom. The van der Waals surface area contributed by atoms with E-state index in [4.69, 9.17) is 5.11 Å². The Labute approximate surface area is 53.3 Å². The highest BCUT2D eigenvalue weighted by Gasteiger charge is 1.98. The highest BCUT2D eigenvalue weighted by molar-refractivity contribution is 8.00. The van der Waals surface area contributed by atoms with Gasteiger partial charge in [-0.1, -0.05) is 6.92 Å². The molecule has 0 bridgehead atoms. The predicted molar refractivity (Wildman–Crippen MR) is 34.9 cm³/mol. The highest BCUT2D eigenvalue weighted by Crippen LogP contribution is 2.06. The van der Waals surface area contributed by atoms with E-state index in [1.165, 1.54) is 11.8 Å². The summed E-state index contributed by atoms with van der Waals surface area (Å²) in [5, 5.41) is 8.29. The number of carboxylic acid groups (broad SMARTS) is 1. The monoisotopic (exact) mass is 133 g/mol. The predicted octanol–water partition coefficient (Wildman–Crippen LogP) is 1.03. The first-order valence-corrected chi connectivity index (χ1v) is 3.34. The second kappa shape index (κ2) is 3.78. The minimum Gasteiger partial charge on any atom is -0.481 e. The molecular formula is C5H9O2S. The summed E-state index contributed by atoms with van der Waals surface area (Å²) in [5.74, 6) is -0.615. The van der Waals surface area contributed by atoms with E-state index in [0.29, 0.717) is 0 Å². The minimum absolute atomic E-state index is 0.157. The SMILES string of the molecule is [CH2]C(C)SCC(=O)O. The fourth-order valence-corrected chi connectivity index (χ4v) is 0.641. The third kappa shape index (κ3) is 5.82. The molecule has 1 atom stereocenters. The van der Waals surface area contributed by atoms with Gasteiger partial charge in [0.05, 0.1) is 5.75 Å². The maximum absolute atomic E-state index is 9.86. The molecule has 0 rings (SSSR count). The van der Waals surface area contributed by atoms with Crippen LogP contribution < -0.4 is 0 Å². The second-order valence-corrected chi connectivity index (χ2v) is 2.94. The van der Waals surface area contributed by atoms with Crippen molar-refractivity contribution in [2.45, 2.75) is 12.2 Å². The smallest absolute Gasteiger partial charge is 0.313 e. The lowest BCUT2D eigenvalue weighted by Gasteiger charge is -1.97. The molecule has 47 valence electrons. The summed E-state index contributed by atoms with van der Waals surface area (Å²) in [7, 11) is 0. The van der Waals surface area contributed by atoms with Crippen molar-refractivity contribution < 1.29 is 9.90 Å². The largest absolute Gasteiger partial charge is 0.481 e. The molecule has 0 saturated carbocycles. The van der Waals surface area contributed by atoms with Crippen molar-refractivity contribution in [3.8, 4) is 0 Å². The van der Waals surface area contributed by atoms with E-state index in [-0.39, 0.29) is 11.0 Å². The van der Waals surface area contributed by atoms with Crippen LogP contribution in [0.25, 0.3) is 0 Å². The molecule has 0 fully saturated rings. The van der Waals surface area contributed by atoms with Crippen molar-refractivity contribution in [1.82, 2.24) is 0 Å². The zero-order chi connectivity index (χ0) is 6.57. The van der Waals surface area contributed by atoms with Crippen molar-refractivity contribution in [2.75, 3.05) is 5.75 Å². The van der Waals surface area contributed by atoms with Gasteiger partial charge < -0.3 is 5.11 Å². The lowest BCUT2D eigenvalue weighted by atomic mass is 10.6. The van der Waals surface area contributed by atoms with E-state index in [2.05, 4.69) is 6.92 Å². The first-order valence-electron chi connectivity index (χ1n) is 2.29. The fraction of sp³-hybridized carbons (Fsp3) is 0.600. The third-order valence-corrected chi connectivity index (χ3v) is 1.47. The number of thioether (sulfide) groups is 1. The third-order valence-electron chi connectivity index (χ3n) is 0.491. The maximum atomic E-state index is 9.86. The van der Waals surface area contributed by atoms with Crippen LogP contribution in [-0.2, 0) is 4.79 Å². The Morgan fingerprint density at radius 3 is 2.62 bits per heavy atom. The highest BCUT2D eigenvalue weighted by atomic mass is 32.2. The molecule has 0 aliphatic heterocycles. The van der Waals surface area contributed by atoms with Gasteiger partial charge in [-0.05, 0) is 6.92 Å². The molecule has 1 N–H and O–H groups in total. The average molecular weight is 133 g/mol. The first kappa shape index (κ1) is 7.82. The van der Waals surface area contributed by atoms with Crippen LogP contribution in [0.4, 0.5) is 0 Å². The molecule has 0 heterocycles. The van der Waals surface area contributed by atoms with Gasteiger partial charge in [0.1, 0.15) is 0 Å². The topological polar surface area (TPSA) is 37.3 Å². The molecule has 8 heavy (non-hydrogen) atoms. The van der Waals surface area contributed by atoms with E-state index >= 15 is 0 Å². The molecular weight excluding hydrogens is 124 g/mol. The van der Waals surface area contributed by atoms with Crippen molar-refractivity contribution in [2.24, 2.45) is 0 Å². The zero-order valence-electron chi connectivity index (χ0n) is 4.76. The molecule has 0 aromatic rings. The molecule has 0 aromatic carbocycles. The van der Waals surface area contributed by atoms with E-state index in [0.717, 1.165) is 0 Å². The second-order valence-electron chi connectivity index (χ2n) is 1.52. The van der Waals surface area contributed by atoms with Crippen molar-refractivity contribution >= 4 is 17.7 Å². The van der Waals surface area contributed by atoms with Crippen LogP contribution in [0.15, 0.2) is 0 Å². The quantitative estimate of drug-likeness (QED) is 0.624. The summed E-state index contributed by atoms with van der Waals surface area (Å²) in [4.78, 5) is 9.86. The first-order chi connectivity index (χ1) is 3.63. The Morgan fingerprint density at radius 1 is 2.00 bits per heavy atom. The minimum atomic E-state index is -0.773. The van der Waals surface area contributed by atoms with E-state index in [9.17, 15) is 4.79 Å². The zero-order valence-corrected chi connectivity index (χ0v) is 5.57. The van der Waals surface area contributed by atoms with Crippen LogP contribution in [-0.4, -0.2) is 22.1 Å². The van der Waals surface area contributed by atoms with Crippen LogP contribution in [0.2, 0.25) is 0 Å². The summed E-state index contributed by atoms with van der Waals surface area (Å²) in [6, 6.07) is 0. The lowest BCUT2D eigenvalue weighted by molar-refractivity contribution is -0.133. The molecule has 0 aliphatic carbocycles. The van der Waals surface area contributed by atoms with Gasteiger partial charge in [0, 0.05) is 5.25 Å². The molecule has 0 amide bonds. The Balaban J connectivity index is 3.05. The van der Waals surface area contributed by atoms with E-state index in [1.807, 2.05) is 6.92 Å². The number of carboxylic acids is 1. The van der Waals surface area contributed by atoms with Crippen LogP contribution in [0.3, 0.4) is 0 Å². The fourth-order valence-electron chi connectivity index (χ4n) is 0.214. The number of hydrogen-bond acceptors (Lipinski definition) is 2. The molecule has 0 spiro atoms. The molecule has 3 heteroatoms. The van der Waals surface area contributed by atoms with Crippen LogP contribution in [0.1, 0.15) is 6.92 Å². The van der Waals surface area contributed by atoms with Gasteiger partial charge >= 0.3 is 5.97 Å². The summed E-state index contributed by atoms with van der Waals surface area (Å²) in [5.41, 5.74) is 0. The number of aliphatic carboxylic acids is 1. The Hall–Kier alpha value is -0.180. The average Bonchev–Trinajstić information content (AvgIpc) is 1.61. The van der Waals surface area contributed by atoms with Gasteiger partial charge in [-0.2, -0.15) is 0 Å². The molecule has 1 radical (unpaired) electrons. The normalized spacial score (nSPS) is 9.88. The number of rotatable bonds is 3. The Kier molecular flexibility index (Phi) is 3.69. The van der Waals surface area contributed by atoms with Gasteiger partial charge in [-0.3, -0.25) is 4.79 Å².